The molecule has 0 heterocycles. The molecule has 4 heteroatoms. The number of hydrazine groups is 1. The lowest BCUT2D eigenvalue weighted by Gasteiger charge is -2.04. The molecule has 0 radical (unpaired) electrons. The molecule has 0 aliphatic heterocycles. The predicted octanol–water partition coefficient (Wildman–Crippen LogP) is -3.08. The second-order valence-corrected chi connectivity index (χ2v) is 1.90. The number of amidine groups is 1. The van der Waals surface area contributed by atoms with Crippen molar-refractivity contribution in [3.8, 4) is 0 Å². The number of halogens is 1. The van der Waals surface area contributed by atoms with E-state index < -0.39 is 0 Å². The van der Waals surface area contributed by atoms with Crippen molar-refractivity contribution in [3.05, 3.63) is 0 Å². The molecule has 3 nitrogen and oxygen atoms in total. The summed E-state index contributed by atoms with van der Waals surface area (Å²) in [6, 6.07) is 0. The van der Waals surface area contributed by atoms with E-state index in [0.29, 0.717) is 0 Å². The van der Waals surface area contributed by atoms with Gasteiger partial charge in [-0.1, -0.05) is 0 Å². The molecule has 0 amide bonds. The molecule has 0 aliphatic carbocycles. The van der Waals surface area contributed by atoms with Crippen LogP contribution in [-0.4, -0.2) is 23.6 Å². The maximum Gasteiger partial charge on any atom is 0.262 e. The minimum atomic E-state index is 0. The number of rotatable bonds is 3. The molecule has 0 aromatic heterocycles. The molecule has 0 fully saturated rings. The van der Waals surface area contributed by atoms with Crippen molar-refractivity contribution in [3.63, 3.8) is 0 Å². The Morgan fingerprint density at radius 2 is 2.00 bits per heavy atom. The summed E-state index contributed by atoms with van der Waals surface area (Å²) in [6.07, 6.45) is 0. The van der Waals surface area contributed by atoms with Gasteiger partial charge in [0.05, 0.1) is 0 Å². The SMILES string of the molecule is CCN/[N+](CC)=C(/C)N.[I-]. The maximum absolute atomic E-state index is 5.51. The molecule has 0 aliphatic rings. The molecule has 0 saturated heterocycles. The van der Waals surface area contributed by atoms with Crippen LogP contribution in [0.15, 0.2) is 0 Å². The number of hydrogen-bond donors (Lipinski definition) is 2. The monoisotopic (exact) mass is 257 g/mol. The van der Waals surface area contributed by atoms with Crippen LogP contribution in [0.1, 0.15) is 20.8 Å². The highest BCUT2D eigenvalue weighted by Crippen LogP contribution is 1.67. The van der Waals surface area contributed by atoms with E-state index in [1.54, 1.807) is 0 Å². The van der Waals surface area contributed by atoms with E-state index in [0.717, 1.165) is 18.9 Å². The maximum atomic E-state index is 5.51. The van der Waals surface area contributed by atoms with Gasteiger partial charge in [0, 0.05) is 13.5 Å². The molecule has 0 spiro atoms. The van der Waals surface area contributed by atoms with Gasteiger partial charge in [-0.15, -0.1) is 0 Å². The van der Waals surface area contributed by atoms with Crippen LogP contribution in [-0.2, 0) is 0 Å². The molecule has 0 unspecified atom stereocenters. The summed E-state index contributed by atoms with van der Waals surface area (Å²) in [6.45, 7) is 7.81. The first-order valence-electron chi connectivity index (χ1n) is 3.32. The molecule has 62 valence electrons. The van der Waals surface area contributed by atoms with Gasteiger partial charge in [0.25, 0.3) is 5.84 Å². The Kier molecular flexibility index (Phi) is 9.00. The fourth-order valence-electron chi connectivity index (χ4n) is 0.677. The summed E-state index contributed by atoms with van der Waals surface area (Å²) in [5, 5.41) is 0. The third-order valence-corrected chi connectivity index (χ3v) is 1.09. The number of nitrogens with two attached hydrogens (primary N) is 1. The summed E-state index contributed by atoms with van der Waals surface area (Å²) >= 11 is 0. The first-order valence-corrected chi connectivity index (χ1v) is 3.32. The fraction of sp³-hybridized carbons (Fsp3) is 0.833. The van der Waals surface area contributed by atoms with Crippen LogP contribution in [0.4, 0.5) is 0 Å². The van der Waals surface area contributed by atoms with E-state index in [4.69, 9.17) is 5.73 Å². The zero-order chi connectivity index (χ0) is 7.28. The summed E-state index contributed by atoms with van der Waals surface area (Å²) < 4.78 is 1.92. The Morgan fingerprint density at radius 1 is 1.50 bits per heavy atom. The van der Waals surface area contributed by atoms with Crippen molar-refractivity contribution in [2.75, 3.05) is 13.1 Å². The molecule has 3 N–H and O–H groups in total. The smallest absolute Gasteiger partial charge is 0.262 e. The van der Waals surface area contributed by atoms with Gasteiger partial charge in [0.1, 0.15) is 6.54 Å². The normalized spacial score (nSPS) is 11.5. The largest absolute Gasteiger partial charge is 1.00 e. The Labute approximate surface area is 79.7 Å². The Bertz CT molecular complexity index is 108. The highest BCUT2D eigenvalue weighted by Gasteiger charge is 1.95. The van der Waals surface area contributed by atoms with Crippen LogP contribution in [0, 0.1) is 0 Å². The lowest BCUT2D eigenvalue weighted by atomic mass is 10.6. The Hall–Kier alpha value is 0. The van der Waals surface area contributed by atoms with E-state index in [1.165, 1.54) is 0 Å². The van der Waals surface area contributed by atoms with E-state index in [1.807, 2.05) is 18.5 Å². The number of nitrogens with zero attached hydrogens (tertiary/aromatic N) is 1. The van der Waals surface area contributed by atoms with Crippen molar-refractivity contribution in [2.24, 2.45) is 5.73 Å². The molecular weight excluding hydrogens is 241 g/mol. The third-order valence-electron chi connectivity index (χ3n) is 1.09. The minimum Gasteiger partial charge on any atom is -1.00 e. The van der Waals surface area contributed by atoms with Gasteiger partial charge in [-0.05, 0) is 13.8 Å². The van der Waals surface area contributed by atoms with Crippen LogP contribution in [0.25, 0.3) is 0 Å². The Morgan fingerprint density at radius 3 is 2.10 bits per heavy atom. The summed E-state index contributed by atoms with van der Waals surface area (Å²) in [5.74, 6) is 0.819. The molecule has 0 saturated carbocycles. The predicted molar refractivity (Wildman–Crippen MR) is 39.3 cm³/mol. The van der Waals surface area contributed by atoms with Crippen LogP contribution >= 0.6 is 0 Å². The third kappa shape index (κ3) is 4.84. The average Bonchev–Trinajstić information content (AvgIpc) is 1.82. The first kappa shape index (κ1) is 12.7. The molecule has 0 bridgehead atoms. The summed E-state index contributed by atoms with van der Waals surface area (Å²) in [5.41, 5.74) is 8.62. The quantitative estimate of drug-likeness (QED) is 0.185. The summed E-state index contributed by atoms with van der Waals surface area (Å²) in [7, 11) is 0. The van der Waals surface area contributed by atoms with Crippen molar-refractivity contribution in [1.29, 1.82) is 0 Å². The van der Waals surface area contributed by atoms with Gasteiger partial charge in [0.2, 0.25) is 0 Å². The zero-order valence-electron chi connectivity index (χ0n) is 6.82. The molecule has 0 aromatic carbocycles. The second kappa shape index (κ2) is 7.11. The van der Waals surface area contributed by atoms with Crippen molar-refractivity contribution in [2.45, 2.75) is 20.8 Å². The van der Waals surface area contributed by atoms with Crippen LogP contribution in [0.3, 0.4) is 0 Å². The van der Waals surface area contributed by atoms with Crippen molar-refractivity contribution < 1.29 is 28.7 Å². The van der Waals surface area contributed by atoms with Crippen LogP contribution in [0.2, 0.25) is 0 Å². The van der Waals surface area contributed by atoms with Gasteiger partial charge in [-0.25, -0.2) is 0 Å². The van der Waals surface area contributed by atoms with Crippen molar-refractivity contribution in [1.82, 2.24) is 5.43 Å². The van der Waals surface area contributed by atoms with Gasteiger partial charge in [-0.3, -0.25) is 11.2 Å². The van der Waals surface area contributed by atoms with Crippen molar-refractivity contribution >= 4 is 5.84 Å². The lowest BCUT2D eigenvalue weighted by Crippen LogP contribution is -3.00. The van der Waals surface area contributed by atoms with Gasteiger partial charge < -0.3 is 24.0 Å². The Balaban J connectivity index is 0. The molecule has 0 rings (SSSR count). The van der Waals surface area contributed by atoms with Gasteiger partial charge in [-0.2, -0.15) is 4.68 Å². The van der Waals surface area contributed by atoms with Crippen LogP contribution in [0.5, 0.6) is 0 Å². The highest BCUT2D eigenvalue weighted by molar-refractivity contribution is 5.71. The molecule has 0 atom stereocenters. The van der Waals surface area contributed by atoms with E-state index in [2.05, 4.69) is 12.3 Å². The van der Waals surface area contributed by atoms with E-state index in [9.17, 15) is 0 Å². The molecule has 10 heavy (non-hydrogen) atoms. The lowest BCUT2D eigenvalue weighted by molar-refractivity contribution is -0.585. The van der Waals surface area contributed by atoms with Crippen LogP contribution < -0.4 is 35.1 Å². The zero-order valence-corrected chi connectivity index (χ0v) is 8.97. The highest BCUT2D eigenvalue weighted by atomic mass is 127. The first-order chi connectivity index (χ1) is 4.22. The molecule has 0 aromatic rings. The van der Waals surface area contributed by atoms with E-state index in [-0.39, 0.29) is 24.0 Å². The minimum absolute atomic E-state index is 0. The number of nitrogens with one attached hydrogen (secondary N) is 1. The topological polar surface area (TPSA) is 41.1 Å². The van der Waals surface area contributed by atoms with Gasteiger partial charge in [0.15, 0.2) is 0 Å². The fourth-order valence-corrected chi connectivity index (χ4v) is 0.677. The van der Waals surface area contributed by atoms with Gasteiger partial charge >= 0.3 is 0 Å². The summed E-state index contributed by atoms with van der Waals surface area (Å²) in [4.78, 5) is 0. The number of hydrazone groups is 1. The average molecular weight is 257 g/mol. The van der Waals surface area contributed by atoms with E-state index >= 15 is 0 Å². The molecular formula is C6H16IN3. The second-order valence-electron chi connectivity index (χ2n) is 1.90. The standard InChI is InChI=1S/C6H15N3.HI/c1-4-8-9(5-2)6(3)7;/h7-8H,4-5H2,1-3H3;1H. The number of hydrogen-bond acceptors (Lipinski definition) is 1.